The lowest BCUT2D eigenvalue weighted by Gasteiger charge is -2.07. The lowest BCUT2D eigenvalue weighted by Crippen LogP contribution is -2.12. The van der Waals surface area contributed by atoms with Crippen LogP contribution < -0.4 is 5.43 Å². The van der Waals surface area contributed by atoms with Crippen molar-refractivity contribution in [1.29, 1.82) is 0 Å². The molecule has 1 aromatic carbocycles. The minimum Gasteiger partial charge on any atom is -0.478 e. The number of carboxylic acid groups (broad SMARTS) is 1. The summed E-state index contributed by atoms with van der Waals surface area (Å²) in [7, 11) is 0. The van der Waals surface area contributed by atoms with E-state index in [2.05, 4.69) is 4.98 Å². The Hall–Kier alpha value is -3.21. The molecule has 132 valence electrons. The van der Waals surface area contributed by atoms with Gasteiger partial charge in [0, 0.05) is 11.3 Å². The maximum absolute atomic E-state index is 12.9. The monoisotopic (exact) mass is 349 g/mol. The largest absolute Gasteiger partial charge is 0.478 e. The second-order valence-corrected chi connectivity index (χ2v) is 6.08. The number of carbonyl (C=O) groups is 1. The normalized spacial score (nSPS) is 11.3. The molecule has 0 aliphatic carbocycles. The highest BCUT2D eigenvalue weighted by Crippen LogP contribution is 2.20. The zero-order valence-electron chi connectivity index (χ0n) is 14.7. The van der Waals surface area contributed by atoms with Crippen molar-refractivity contribution < 1.29 is 14.3 Å². The summed E-state index contributed by atoms with van der Waals surface area (Å²) in [6.07, 6.45) is 4.88. The fourth-order valence-electron chi connectivity index (χ4n) is 2.82. The van der Waals surface area contributed by atoms with Crippen LogP contribution in [0, 0.1) is 6.92 Å². The maximum atomic E-state index is 12.9. The Balaban J connectivity index is 2.15. The highest BCUT2D eigenvalue weighted by molar-refractivity contribution is 5.93. The minimum atomic E-state index is -1.07. The lowest BCUT2D eigenvalue weighted by molar-refractivity contribution is 0.0697. The molecule has 5 heteroatoms. The van der Waals surface area contributed by atoms with Crippen LogP contribution in [0.25, 0.3) is 23.1 Å². The van der Waals surface area contributed by atoms with Crippen LogP contribution in [-0.4, -0.2) is 16.1 Å². The minimum absolute atomic E-state index is 0.0690. The second-order valence-electron chi connectivity index (χ2n) is 6.08. The molecular weight excluding hydrogens is 330 g/mol. The molecule has 0 atom stereocenters. The van der Waals surface area contributed by atoms with Crippen molar-refractivity contribution in [3.8, 4) is 0 Å². The van der Waals surface area contributed by atoms with Crippen molar-refractivity contribution >= 4 is 29.1 Å². The van der Waals surface area contributed by atoms with Crippen LogP contribution in [0.2, 0.25) is 0 Å². The van der Waals surface area contributed by atoms with Crippen LogP contribution in [0.15, 0.2) is 45.6 Å². The number of pyridine rings is 1. The predicted molar refractivity (Wildman–Crippen MR) is 101 cm³/mol. The zero-order chi connectivity index (χ0) is 18.7. The highest BCUT2D eigenvalue weighted by Gasteiger charge is 2.14. The molecule has 1 N–H and O–H groups in total. The van der Waals surface area contributed by atoms with Gasteiger partial charge in [-0.25, -0.2) is 4.79 Å². The quantitative estimate of drug-likeness (QED) is 0.742. The Labute approximate surface area is 150 Å². The van der Waals surface area contributed by atoms with Crippen LogP contribution in [-0.2, 0) is 6.42 Å². The zero-order valence-corrected chi connectivity index (χ0v) is 14.7. The number of benzene rings is 1. The number of aromatic carboxylic acids is 1. The Morgan fingerprint density at radius 3 is 2.73 bits per heavy atom. The molecule has 0 spiro atoms. The van der Waals surface area contributed by atoms with E-state index >= 15 is 0 Å². The molecule has 0 amide bonds. The number of nitrogens with zero attached hydrogens (tertiary/aromatic N) is 1. The molecule has 2 heterocycles. The smallest absolute Gasteiger partial charge is 0.335 e. The topological polar surface area (TPSA) is 80.4 Å². The van der Waals surface area contributed by atoms with Crippen molar-refractivity contribution in [2.45, 2.75) is 26.7 Å². The molecule has 0 aliphatic rings. The number of hydrogen-bond acceptors (Lipinski definition) is 4. The molecular formula is C21H19NO4. The third kappa shape index (κ3) is 3.57. The van der Waals surface area contributed by atoms with Crippen molar-refractivity contribution in [3.05, 3.63) is 74.9 Å². The van der Waals surface area contributed by atoms with Crippen molar-refractivity contribution in [1.82, 2.24) is 4.98 Å². The van der Waals surface area contributed by atoms with E-state index in [0.29, 0.717) is 28.7 Å². The van der Waals surface area contributed by atoms with E-state index in [1.807, 2.05) is 38.1 Å². The molecule has 0 saturated carbocycles. The standard InChI is InChI=1S/C21H19NO4/c1-3-5-16-18(11-9-15-7-4-6-13(2)22-15)26-19-10-8-14(21(24)25)12-17(19)20(16)23/h4,6-12H,3,5H2,1-2H3,(H,24,25). The third-order valence-corrected chi connectivity index (χ3v) is 4.08. The van der Waals surface area contributed by atoms with Gasteiger partial charge in [0.05, 0.1) is 16.6 Å². The Morgan fingerprint density at radius 1 is 1.23 bits per heavy atom. The summed E-state index contributed by atoms with van der Waals surface area (Å²) >= 11 is 0. The van der Waals surface area contributed by atoms with E-state index in [1.54, 1.807) is 6.08 Å². The molecule has 0 radical (unpaired) electrons. The molecule has 0 fully saturated rings. The van der Waals surface area contributed by atoms with Gasteiger partial charge in [0.25, 0.3) is 0 Å². The summed E-state index contributed by atoms with van der Waals surface area (Å²) in [6.45, 7) is 3.89. The maximum Gasteiger partial charge on any atom is 0.335 e. The van der Waals surface area contributed by atoms with Crippen LogP contribution in [0.3, 0.4) is 0 Å². The summed E-state index contributed by atoms with van der Waals surface area (Å²) in [5.74, 6) is -0.589. The van der Waals surface area contributed by atoms with Gasteiger partial charge in [-0.2, -0.15) is 0 Å². The van der Waals surface area contributed by atoms with E-state index in [-0.39, 0.29) is 11.0 Å². The van der Waals surface area contributed by atoms with Gasteiger partial charge in [-0.1, -0.05) is 19.4 Å². The van der Waals surface area contributed by atoms with E-state index in [1.165, 1.54) is 18.2 Å². The number of hydrogen-bond donors (Lipinski definition) is 1. The second kappa shape index (κ2) is 7.35. The number of aryl methyl sites for hydroxylation is 1. The first-order valence-electron chi connectivity index (χ1n) is 8.44. The van der Waals surface area contributed by atoms with Crippen LogP contribution >= 0.6 is 0 Å². The number of carboxylic acids is 1. The fourth-order valence-corrected chi connectivity index (χ4v) is 2.82. The van der Waals surface area contributed by atoms with Gasteiger partial charge >= 0.3 is 5.97 Å². The van der Waals surface area contributed by atoms with Gasteiger partial charge in [-0.3, -0.25) is 9.78 Å². The molecule has 0 aliphatic heterocycles. The highest BCUT2D eigenvalue weighted by atomic mass is 16.4. The molecule has 5 nitrogen and oxygen atoms in total. The first-order valence-corrected chi connectivity index (χ1v) is 8.44. The van der Waals surface area contributed by atoms with Crippen LogP contribution in [0.4, 0.5) is 0 Å². The van der Waals surface area contributed by atoms with Gasteiger partial charge in [0.15, 0.2) is 5.43 Å². The first-order chi connectivity index (χ1) is 12.5. The van der Waals surface area contributed by atoms with Gasteiger partial charge in [-0.05, 0) is 55.8 Å². The predicted octanol–water partition coefficient (Wildman–Crippen LogP) is 4.32. The van der Waals surface area contributed by atoms with Crippen LogP contribution in [0.1, 0.15) is 46.4 Å². The van der Waals surface area contributed by atoms with Crippen molar-refractivity contribution in [2.75, 3.05) is 0 Å². The Bertz CT molecular complexity index is 1060. The summed E-state index contributed by atoms with van der Waals surface area (Å²) in [5.41, 5.74) is 2.48. The van der Waals surface area contributed by atoms with E-state index < -0.39 is 5.97 Å². The summed E-state index contributed by atoms with van der Waals surface area (Å²) in [6, 6.07) is 10.0. The molecule has 0 bridgehead atoms. The molecule has 0 saturated heterocycles. The summed E-state index contributed by atoms with van der Waals surface area (Å²) in [5, 5.41) is 9.44. The van der Waals surface area contributed by atoms with Gasteiger partial charge in [0.2, 0.25) is 0 Å². The summed E-state index contributed by atoms with van der Waals surface area (Å²) < 4.78 is 5.91. The van der Waals surface area contributed by atoms with Gasteiger partial charge in [0.1, 0.15) is 11.3 Å². The first kappa shape index (κ1) is 17.6. The molecule has 2 aromatic heterocycles. The van der Waals surface area contributed by atoms with E-state index in [4.69, 9.17) is 9.52 Å². The fraction of sp³-hybridized carbons (Fsp3) is 0.190. The van der Waals surface area contributed by atoms with Crippen molar-refractivity contribution in [2.24, 2.45) is 0 Å². The number of aromatic nitrogens is 1. The third-order valence-electron chi connectivity index (χ3n) is 4.08. The molecule has 0 unspecified atom stereocenters. The Kier molecular flexibility index (Phi) is 4.98. The summed E-state index contributed by atoms with van der Waals surface area (Å²) in [4.78, 5) is 28.5. The number of fused-ring (bicyclic) bond motifs is 1. The average Bonchev–Trinajstić information content (AvgIpc) is 2.62. The SMILES string of the molecule is CCCc1c(C=Cc2cccc(C)n2)oc2ccc(C(=O)O)cc2c1=O. The Morgan fingerprint density at radius 2 is 2.04 bits per heavy atom. The molecule has 26 heavy (non-hydrogen) atoms. The average molecular weight is 349 g/mol. The van der Waals surface area contributed by atoms with Gasteiger partial charge < -0.3 is 9.52 Å². The van der Waals surface area contributed by atoms with E-state index in [9.17, 15) is 9.59 Å². The molecule has 3 rings (SSSR count). The van der Waals surface area contributed by atoms with Crippen molar-refractivity contribution in [3.63, 3.8) is 0 Å². The number of rotatable bonds is 5. The van der Waals surface area contributed by atoms with E-state index in [0.717, 1.165) is 17.8 Å². The van der Waals surface area contributed by atoms with Gasteiger partial charge in [-0.15, -0.1) is 0 Å². The lowest BCUT2D eigenvalue weighted by atomic mass is 10.0. The molecule has 3 aromatic rings. The van der Waals surface area contributed by atoms with Crippen LogP contribution in [0.5, 0.6) is 0 Å².